The highest BCUT2D eigenvalue weighted by Gasteiger charge is 2.27. The average Bonchev–Trinajstić information content (AvgIpc) is 2.83. The summed E-state index contributed by atoms with van der Waals surface area (Å²) in [7, 11) is 0. The summed E-state index contributed by atoms with van der Waals surface area (Å²) >= 11 is 0. The Morgan fingerprint density at radius 3 is 2.79 bits per heavy atom. The van der Waals surface area contributed by atoms with E-state index in [2.05, 4.69) is 20.1 Å². The number of hydrogen-bond acceptors (Lipinski definition) is 4. The second-order valence-electron chi connectivity index (χ2n) is 5.27. The third kappa shape index (κ3) is 4.57. The SMILES string of the molecule is Cc1nc2cc(=O)[nH]n2c(C)c1CNC(=O)CCOCC(F)(F)F. The molecule has 2 N–H and O–H groups in total. The van der Waals surface area contributed by atoms with E-state index in [1.54, 1.807) is 13.8 Å². The fourth-order valence-electron chi connectivity index (χ4n) is 2.24. The lowest BCUT2D eigenvalue weighted by molar-refractivity contribution is -0.174. The van der Waals surface area contributed by atoms with Crippen LogP contribution < -0.4 is 10.9 Å². The fraction of sp³-hybridized carbons (Fsp3) is 0.500. The highest BCUT2D eigenvalue weighted by atomic mass is 19.4. The monoisotopic (exact) mass is 346 g/mol. The Bertz CT molecular complexity index is 795. The summed E-state index contributed by atoms with van der Waals surface area (Å²) in [4.78, 5) is 27.3. The molecule has 0 aromatic carbocycles. The molecular formula is C14H17F3N4O3. The lowest BCUT2D eigenvalue weighted by Gasteiger charge is -2.12. The number of aryl methyl sites for hydroxylation is 2. The van der Waals surface area contributed by atoms with E-state index in [1.807, 2.05) is 0 Å². The van der Waals surface area contributed by atoms with Gasteiger partial charge in [-0.2, -0.15) is 13.2 Å². The molecule has 0 radical (unpaired) electrons. The number of alkyl halides is 3. The summed E-state index contributed by atoms with van der Waals surface area (Å²) in [6, 6.07) is 1.36. The number of aromatic nitrogens is 3. The first kappa shape index (κ1) is 18.0. The Balaban J connectivity index is 1.93. The predicted octanol–water partition coefficient (Wildman–Crippen LogP) is 1.22. The summed E-state index contributed by atoms with van der Waals surface area (Å²) in [5.74, 6) is -0.433. The van der Waals surface area contributed by atoms with Gasteiger partial charge in [0.05, 0.1) is 6.61 Å². The molecule has 0 aliphatic heterocycles. The van der Waals surface area contributed by atoms with E-state index in [0.29, 0.717) is 17.0 Å². The van der Waals surface area contributed by atoms with Gasteiger partial charge in [-0.3, -0.25) is 14.7 Å². The zero-order chi connectivity index (χ0) is 17.9. The number of amides is 1. The number of halogens is 3. The first-order valence-electron chi connectivity index (χ1n) is 7.16. The maximum atomic E-state index is 11.9. The molecule has 1 amide bonds. The van der Waals surface area contributed by atoms with Gasteiger partial charge in [0.1, 0.15) is 6.61 Å². The topological polar surface area (TPSA) is 88.5 Å². The Morgan fingerprint density at radius 2 is 2.12 bits per heavy atom. The smallest absolute Gasteiger partial charge is 0.372 e. The molecule has 0 unspecified atom stereocenters. The van der Waals surface area contributed by atoms with E-state index in [0.717, 1.165) is 5.56 Å². The summed E-state index contributed by atoms with van der Waals surface area (Å²) in [6.07, 6.45) is -4.58. The number of hydrogen-bond donors (Lipinski definition) is 2. The molecule has 0 spiro atoms. The van der Waals surface area contributed by atoms with Crippen molar-refractivity contribution >= 4 is 11.6 Å². The van der Waals surface area contributed by atoms with Gasteiger partial charge in [-0.1, -0.05) is 0 Å². The van der Waals surface area contributed by atoms with E-state index in [4.69, 9.17) is 0 Å². The van der Waals surface area contributed by atoms with E-state index in [-0.39, 0.29) is 25.1 Å². The maximum absolute atomic E-state index is 11.9. The van der Waals surface area contributed by atoms with Crippen LogP contribution >= 0.6 is 0 Å². The normalized spacial score (nSPS) is 11.9. The van der Waals surface area contributed by atoms with Crippen molar-refractivity contribution < 1.29 is 22.7 Å². The molecule has 0 aliphatic rings. The van der Waals surface area contributed by atoms with Crippen LogP contribution in [0, 0.1) is 13.8 Å². The minimum Gasteiger partial charge on any atom is -0.372 e. The van der Waals surface area contributed by atoms with E-state index >= 15 is 0 Å². The molecule has 2 aromatic heterocycles. The molecule has 24 heavy (non-hydrogen) atoms. The Labute approximate surface area is 134 Å². The summed E-state index contributed by atoms with van der Waals surface area (Å²) < 4.78 is 41.6. The fourth-order valence-corrected chi connectivity index (χ4v) is 2.24. The average molecular weight is 346 g/mol. The van der Waals surface area contributed by atoms with Gasteiger partial charge in [0.25, 0.3) is 5.56 Å². The highest BCUT2D eigenvalue weighted by Crippen LogP contribution is 2.15. The van der Waals surface area contributed by atoms with Gasteiger partial charge in [-0.15, -0.1) is 0 Å². The third-order valence-electron chi connectivity index (χ3n) is 3.40. The number of aromatic amines is 1. The van der Waals surface area contributed by atoms with Gasteiger partial charge in [0.15, 0.2) is 5.65 Å². The van der Waals surface area contributed by atoms with Crippen molar-refractivity contribution in [3.63, 3.8) is 0 Å². The molecule has 0 saturated heterocycles. The number of nitrogens with zero attached hydrogens (tertiary/aromatic N) is 2. The van der Waals surface area contributed by atoms with Crippen LogP contribution in [-0.2, 0) is 16.1 Å². The van der Waals surface area contributed by atoms with Crippen molar-refractivity contribution in [2.45, 2.75) is 33.0 Å². The van der Waals surface area contributed by atoms with Crippen LogP contribution in [0.1, 0.15) is 23.4 Å². The Kier molecular flexibility index (Phi) is 5.27. The number of H-pyrrole nitrogens is 1. The summed E-state index contributed by atoms with van der Waals surface area (Å²) in [6.45, 7) is 1.98. The number of rotatable bonds is 6. The largest absolute Gasteiger partial charge is 0.411 e. The molecule has 10 heteroatoms. The van der Waals surface area contributed by atoms with Crippen molar-refractivity contribution in [1.29, 1.82) is 0 Å². The Morgan fingerprint density at radius 1 is 1.42 bits per heavy atom. The third-order valence-corrected chi connectivity index (χ3v) is 3.40. The minimum absolute atomic E-state index is 0.152. The minimum atomic E-state index is -4.40. The van der Waals surface area contributed by atoms with Crippen LogP contribution in [0.15, 0.2) is 10.9 Å². The van der Waals surface area contributed by atoms with Crippen LogP contribution in [0.3, 0.4) is 0 Å². The molecule has 0 saturated carbocycles. The Hall–Kier alpha value is -2.36. The number of nitrogens with one attached hydrogen (secondary N) is 2. The number of ether oxygens (including phenoxy) is 1. The maximum Gasteiger partial charge on any atom is 0.411 e. The summed E-state index contributed by atoms with van der Waals surface area (Å²) in [5.41, 5.74) is 2.28. The molecule has 7 nitrogen and oxygen atoms in total. The van der Waals surface area contributed by atoms with Crippen molar-refractivity contribution in [3.05, 3.63) is 33.4 Å². The van der Waals surface area contributed by atoms with Crippen LogP contribution in [0.2, 0.25) is 0 Å². The molecule has 0 bridgehead atoms. The van der Waals surface area contributed by atoms with Crippen molar-refractivity contribution in [3.8, 4) is 0 Å². The molecule has 132 valence electrons. The lowest BCUT2D eigenvalue weighted by Crippen LogP contribution is -2.26. The highest BCUT2D eigenvalue weighted by molar-refractivity contribution is 5.76. The van der Waals surface area contributed by atoms with Crippen LogP contribution in [0.4, 0.5) is 13.2 Å². The summed E-state index contributed by atoms with van der Waals surface area (Å²) in [5, 5.41) is 5.20. The van der Waals surface area contributed by atoms with Gasteiger partial charge >= 0.3 is 6.18 Å². The van der Waals surface area contributed by atoms with Crippen molar-refractivity contribution in [1.82, 2.24) is 19.9 Å². The molecule has 0 fully saturated rings. The standard InChI is InChI=1S/C14H17F3N4O3/c1-8-10(9(2)21-11(19-8)5-13(23)20-21)6-18-12(22)3-4-24-7-14(15,16)17/h5H,3-4,6-7H2,1-2H3,(H,18,22)(H,20,23). The second kappa shape index (κ2) is 7.04. The zero-order valence-corrected chi connectivity index (χ0v) is 13.2. The van der Waals surface area contributed by atoms with Crippen molar-refractivity contribution in [2.24, 2.45) is 0 Å². The van der Waals surface area contributed by atoms with E-state index < -0.39 is 18.7 Å². The van der Waals surface area contributed by atoms with E-state index in [9.17, 15) is 22.8 Å². The molecule has 0 aliphatic carbocycles. The molecule has 0 atom stereocenters. The van der Waals surface area contributed by atoms with Gasteiger partial charge in [-0.25, -0.2) is 9.50 Å². The number of carbonyl (C=O) groups is 1. The van der Waals surface area contributed by atoms with E-state index in [1.165, 1.54) is 10.6 Å². The number of fused-ring (bicyclic) bond motifs is 1. The first-order valence-corrected chi connectivity index (χ1v) is 7.16. The van der Waals surface area contributed by atoms with Gasteiger partial charge in [-0.05, 0) is 13.8 Å². The van der Waals surface area contributed by atoms with Crippen molar-refractivity contribution in [2.75, 3.05) is 13.2 Å². The number of carbonyl (C=O) groups excluding carboxylic acids is 1. The van der Waals surface area contributed by atoms with Gasteiger partial charge in [0, 0.05) is 36.0 Å². The predicted molar refractivity (Wildman–Crippen MR) is 78.6 cm³/mol. The molecule has 2 rings (SSSR count). The van der Waals surface area contributed by atoms with Crippen LogP contribution in [0.5, 0.6) is 0 Å². The first-order chi connectivity index (χ1) is 11.2. The second-order valence-corrected chi connectivity index (χ2v) is 5.27. The lowest BCUT2D eigenvalue weighted by atomic mass is 10.1. The van der Waals surface area contributed by atoms with Gasteiger partial charge in [0.2, 0.25) is 5.91 Å². The molecular weight excluding hydrogens is 329 g/mol. The molecule has 2 heterocycles. The van der Waals surface area contributed by atoms with Crippen LogP contribution in [0.25, 0.3) is 5.65 Å². The molecule has 2 aromatic rings. The quantitative estimate of drug-likeness (QED) is 0.770. The zero-order valence-electron chi connectivity index (χ0n) is 13.2. The van der Waals surface area contributed by atoms with Gasteiger partial charge < -0.3 is 10.1 Å². The van der Waals surface area contributed by atoms with Crippen LogP contribution in [-0.4, -0.2) is 39.9 Å².